The molecular weight excluding hydrogens is 224 g/mol. The van der Waals surface area contributed by atoms with Crippen molar-refractivity contribution in [2.45, 2.75) is 31.7 Å². The van der Waals surface area contributed by atoms with Crippen molar-refractivity contribution in [1.29, 1.82) is 0 Å². The quantitative estimate of drug-likeness (QED) is 0.876. The number of carbonyl (C=O) groups excluding carboxylic acids is 1. The normalized spacial score (nSPS) is 23.3. The number of hydrogen-bond donors (Lipinski definition) is 1. The Morgan fingerprint density at radius 2 is 2.17 bits per heavy atom. The Morgan fingerprint density at radius 3 is 2.94 bits per heavy atom. The average molecular weight is 240 g/mol. The number of nitrogens with one attached hydrogen (secondary N) is 1. The molecule has 2 aromatic rings. The molecule has 0 spiro atoms. The van der Waals surface area contributed by atoms with Crippen LogP contribution >= 0.6 is 0 Å². The molecule has 1 aromatic carbocycles. The van der Waals surface area contributed by atoms with Gasteiger partial charge in [0.2, 0.25) is 5.91 Å². The Labute approximate surface area is 106 Å². The topological polar surface area (TPSA) is 42.0 Å². The second-order valence-corrected chi connectivity index (χ2v) is 5.28. The van der Waals surface area contributed by atoms with E-state index in [1.807, 2.05) is 12.3 Å². The van der Waals surface area contributed by atoms with Gasteiger partial charge in [-0.15, -0.1) is 0 Å². The van der Waals surface area contributed by atoms with Crippen molar-refractivity contribution in [1.82, 2.24) is 10.3 Å². The smallest absolute Gasteiger partial charge is 0.220 e. The van der Waals surface area contributed by atoms with Gasteiger partial charge < -0.3 is 5.32 Å². The highest BCUT2D eigenvalue weighted by Crippen LogP contribution is 2.27. The predicted octanol–water partition coefficient (Wildman–Crippen LogP) is 2.45. The molecule has 1 aromatic heterocycles. The minimum atomic E-state index is -0.122. The molecule has 3 heteroatoms. The van der Waals surface area contributed by atoms with Crippen molar-refractivity contribution < 1.29 is 4.79 Å². The van der Waals surface area contributed by atoms with E-state index in [-0.39, 0.29) is 11.4 Å². The highest BCUT2D eigenvalue weighted by atomic mass is 16.2. The van der Waals surface area contributed by atoms with Crippen molar-refractivity contribution in [3.63, 3.8) is 0 Å². The maximum atomic E-state index is 11.4. The average Bonchev–Trinajstić information content (AvgIpc) is 2.70. The number of benzene rings is 1. The summed E-state index contributed by atoms with van der Waals surface area (Å²) in [4.78, 5) is 15.8. The number of amides is 1. The Hall–Kier alpha value is -1.90. The highest BCUT2D eigenvalue weighted by Gasteiger charge is 2.33. The van der Waals surface area contributed by atoms with Crippen LogP contribution in [0.5, 0.6) is 0 Å². The van der Waals surface area contributed by atoms with E-state index in [1.54, 1.807) is 0 Å². The lowest BCUT2D eigenvalue weighted by atomic mass is 9.90. The first-order valence-electron chi connectivity index (χ1n) is 6.30. The summed E-state index contributed by atoms with van der Waals surface area (Å²) in [6.07, 6.45) is 4.19. The summed E-state index contributed by atoms with van der Waals surface area (Å²) in [6, 6.07) is 10.2. The van der Waals surface area contributed by atoms with Crippen molar-refractivity contribution in [3.05, 3.63) is 42.1 Å². The number of para-hydroxylation sites is 1. The summed E-state index contributed by atoms with van der Waals surface area (Å²) >= 11 is 0. The van der Waals surface area contributed by atoms with Gasteiger partial charge in [-0.2, -0.15) is 0 Å². The van der Waals surface area contributed by atoms with E-state index in [2.05, 4.69) is 41.5 Å². The maximum Gasteiger partial charge on any atom is 0.220 e. The summed E-state index contributed by atoms with van der Waals surface area (Å²) in [6.45, 7) is 2.11. The fourth-order valence-corrected chi connectivity index (χ4v) is 2.71. The molecule has 1 atom stereocenters. The van der Waals surface area contributed by atoms with Crippen molar-refractivity contribution in [3.8, 4) is 0 Å². The van der Waals surface area contributed by atoms with E-state index in [0.29, 0.717) is 6.42 Å². The third-order valence-corrected chi connectivity index (χ3v) is 3.64. The van der Waals surface area contributed by atoms with Gasteiger partial charge in [0.05, 0.1) is 5.52 Å². The van der Waals surface area contributed by atoms with Gasteiger partial charge in [-0.1, -0.05) is 24.3 Å². The fraction of sp³-hybridized carbons (Fsp3) is 0.333. The predicted molar refractivity (Wildman–Crippen MR) is 71.2 cm³/mol. The molecule has 1 amide bonds. The summed E-state index contributed by atoms with van der Waals surface area (Å²) in [7, 11) is 0. The first kappa shape index (κ1) is 11.2. The number of fused-ring (bicyclic) bond motifs is 1. The molecule has 1 saturated heterocycles. The van der Waals surface area contributed by atoms with Gasteiger partial charge in [0.15, 0.2) is 0 Å². The zero-order valence-electron chi connectivity index (χ0n) is 10.4. The molecule has 1 N–H and O–H groups in total. The lowest BCUT2D eigenvalue weighted by Crippen LogP contribution is -2.40. The van der Waals surface area contributed by atoms with E-state index < -0.39 is 0 Å². The fourth-order valence-electron chi connectivity index (χ4n) is 2.71. The van der Waals surface area contributed by atoms with Crippen LogP contribution in [-0.2, 0) is 11.2 Å². The Kier molecular flexibility index (Phi) is 2.54. The summed E-state index contributed by atoms with van der Waals surface area (Å²) in [5, 5.41) is 4.23. The highest BCUT2D eigenvalue weighted by molar-refractivity contribution is 5.82. The molecule has 1 fully saturated rings. The standard InChI is InChI=1S/C15H16N2O/c1-15(8-7-13(18)17-15)10-12-5-2-4-11-6-3-9-16-14(11)12/h2-6,9H,7-8,10H2,1H3,(H,17,18). The minimum absolute atomic E-state index is 0.122. The molecule has 1 aliphatic heterocycles. The minimum Gasteiger partial charge on any atom is -0.351 e. The van der Waals surface area contributed by atoms with E-state index >= 15 is 0 Å². The first-order valence-corrected chi connectivity index (χ1v) is 6.30. The van der Waals surface area contributed by atoms with Crippen molar-refractivity contribution in [2.24, 2.45) is 0 Å². The van der Waals surface area contributed by atoms with Gasteiger partial charge in [0, 0.05) is 23.5 Å². The van der Waals surface area contributed by atoms with Crippen LogP contribution in [0.25, 0.3) is 10.9 Å². The Morgan fingerprint density at radius 1 is 1.33 bits per heavy atom. The van der Waals surface area contributed by atoms with Gasteiger partial charge >= 0.3 is 0 Å². The molecule has 3 nitrogen and oxygen atoms in total. The van der Waals surface area contributed by atoms with Crippen LogP contribution in [0.15, 0.2) is 36.5 Å². The monoisotopic (exact) mass is 240 g/mol. The van der Waals surface area contributed by atoms with Crippen molar-refractivity contribution in [2.75, 3.05) is 0 Å². The van der Waals surface area contributed by atoms with Gasteiger partial charge in [-0.05, 0) is 31.4 Å². The molecule has 0 radical (unpaired) electrons. The van der Waals surface area contributed by atoms with Gasteiger partial charge in [0.1, 0.15) is 0 Å². The maximum absolute atomic E-state index is 11.4. The third kappa shape index (κ3) is 1.96. The summed E-state index contributed by atoms with van der Waals surface area (Å²) in [5.41, 5.74) is 2.13. The lowest BCUT2D eigenvalue weighted by Gasteiger charge is -2.24. The van der Waals surface area contributed by atoms with E-state index in [9.17, 15) is 4.79 Å². The van der Waals surface area contributed by atoms with Gasteiger partial charge in [-0.3, -0.25) is 9.78 Å². The Balaban J connectivity index is 1.98. The van der Waals surface area contributed by atoms with Crippen LogP contribution in [0.3, 0.4) is 0 Å². The molecule has 92 valence electrons. The number of pyridine rings is 1. The lowest BCUT2D eigenvalue weighted by molar-refractivity contribution is -0.119. The second kappa shape index (κ2) is 4.09. The Bertz CT molecular complexity index is 603. The summed E-state index contributed by atoms with van der Waals surface area (Å²) in [5.74, 6) is 0.158. The number of nitrogens with zero attached hydrogens (tertiary/aromatic N) is 1. The first-order chi connectivity index (χ1) is 8.66. The van der Waals surface area contributed by atoms with Crippen LogP contribution in [0.4, 0.5) is 0 Å². The largest absolute Gasteiger partial charge is 0.351 e. The van der Waals surface area contributed by atoms with Crippen molar-refractivity contribution >= 4 is 16.8 Å². The molecule has 0 bridgehead atoms. The van der Waals surface area contributed by atoms with Crippen LogP contribution in [0.2, 0.25) is 0 Å². The number of carbonyl (C=O) groups is 1. The van der Waals surface area contributed by atoms with E-state index in [1.165, 1.54) is 5.56 Å². The SMILES string of the molecule is CC1(Cc2cccc3cccnc23)CCC(=O)N1. The summed E-state index contributed by atoms with van der Waals surface area (Å²) < 4.78 is 0. The van der Waals surface area contributed by atoms with Crippen LogP contribution in [0, 0.1) is 0 Å². The zero-order valence-corrected chi connectivity index (χ0v) is 10.4. The molecule has 18 heavy (non-hydrogen) atoms. The van der Waals surface area contributed by atoms with Crippen LogP contribution in [0.1, 0.15) is 25.3 Å². The van der Waals surface area contributed by atoms with E-state index in [0.717, 1.165) is 23.7 Å². The molecule has 0 saturated carbocycles. The van der Waals surface area contributed by atoms with Gasteiger partial charge in [0.25, 0.3) is 0 Å². The van der Waals surface area contributed by atoms with Crippen LogP contribution in [-0.4, -0.2) is 16.4 Å². The number of hydrogen-bond acceptors (Lipinski definition) is 2. The molecular formula is C15H16N2O. The second-order valence-electron chi connectivity index (χ2n) is 5.28. The molecule has 0 aliphatic carbocycles. The number of rotatable bonds is 2. The zero-order chi connectivity index (χ0) is 12.6. The van der Waals surface area contributed by atoms with E-state index in [4.69, 9.17) is 0 Å². The molecule has 1 aliphatic rings. The number of aromatic nitrogens is 1. The van der Waals surface area contributed by atoms with Crippen LogP contribution < -0.4 is 5.32 Å². The molecule has 1 unspecified atom stereocenters. The molecule has 2 heterocycles. The third-order valence-electron chi connectivity index (χ3n) is 3.64. The van der Waals surface area contributed by atoms with Gasteiger partial charge in [-0.25, -0.2) is 0 Å². The molecule has 3 rings (SSSR count).